The summed E-state index contributed by atoms with van der Waals surface area (Å²) in [5.41, 5.74) is -0.359. The Hall–Kier alpha value is -1.01. The molecule has 21 heavy (non-hydrogen) atoms. The normalized spacial score (nSPS) is 30.7. The molecule has 2 atom stereocenters. The van der Waals surface area contributed by atoms with Gasteiger partial charge in [0.2, 0.25) is 0 Å². The van der Waals surface area contributed by atoms with Gasteiger partial charge in [-0.2, -0.15) is 0 Å². The van der Waals surface area contributed by atoms with Crippen LogP contribution in [0.4, 0.5) is 4.39 Å². The van der Waals surface area contributed by atoms with Crippen LogP contribution in [-0.4, -0.2) is 52.5 Å². The fourth-order valence-electron chi connectivity index (χ4n) is 3.70. The van der Waals surface area contributed by atoms with Gasteiger partial charge < -0.3 is 4.90 Å². The SMILES string of the molecule is Cc1nc(CN2C[C@@H]3CN(C(=O)C4(F)CC4)C[C@H]3C2)cs1. The number of hydrogen-bond donors (Lipinski definition) is 0. The van der Waals surface area contributed by atoms with Gasteiger partial charge in [-0.1, -0.05) is 0 Å². The van der Waals surface area contributed by atoms with Gasteiger partial charge in [0.15, 0.2) is 5.67 Å². The van der Waals surface area contributed by atoms with Crippen LogP contribution in [0.25, 0.3) is 0 Å². The molecule has 1 amide bonds. The first-order chi connectivity index (χ1) is 10.0. The molecule has 1 aliphatic carbocycles. The van der Waals surface area contributed by atoms with E-state index < -0.39 is 5.67 Å². The second-order valence-corrected chi connectivity index (χ2v) is 7.81. The van der Waals surface area contributed by atoms with E-state index >= 15 is 0 Å². The van der Waals surface area contributed by atoms with Gasteiger partial charge in [-0.05, 0) is 31.6 Å². The van der Waals surface area contributed by atoms with Crippen LogP contribution in [0.15, 0.2) is 5.38 Å². The van der Waals surface area contributed by atoms with Crippen LogP contribution in [-0.2, 0) is 11.3 Å². The number of carbonyl (C=O) groups is 1. The lowest BCUT2D eigenvalue weighted by molar-refractivity contribution is -0.137. The Kier molecular flexibility index (Phi) is 3.08. The molecule has 1 saturated carbocycles. The number of nitrogens with zero attached hydrogens (tertiary/aromatic N) is 3. The minimum Gasteiger partial charge on any atom is -0.339 e. The van der Waals surface area contributed by atoms with Crippen molar-refractivity contribution in [3.8, 4) is 0 Å². The highest BCUT2D eigenvalue weighted by Crippen LogP contribution is 2.43. The highest BCUT2D eigenvalue weighted by atomic mass is 32.1. The first-order valence-corrected chi connectivity index (χ1v) is 8.53. The maximum Gasteiger partial charge on any atom is 0.260 e. The summed E-state index contributed by atoms with van der Waals surface area (Å²) in [6.07, 6.45) is 0.847. The topological polar surface area (TPSA) is 36.4 Å². The van der Waals surface area contributed by atoms with Gasteiger partial charge in [0.25, 0.3) is 5.91 Å². The van der Waals surface area contributed by atoms with Crippen molar-refractivity contribution in [1.29, 1.82) is 0 Å². The number of carbonyl (C=O) groups excluding carboxylic acids is 1. The van der Waals surface area contributed by atoms with E-state index in [1.807, 2.05) is 6.92 Å². The van der Waals surface area contributed by atoms with Crippen molar-refractivity contribution < 1.29 is 9.18 Å². The van der Waals surface area contributed by atoms with Gasteiger partial charge in [0, 0.05) is 38.1 Å². The van der Waals surface area contributed by atoms with Crippen LogP contribution in [0.5, 0.6) is 0 Å². The summed E-state index contributed by atoms with van der Waals surface area (Å²) in [4.78, 5) is 20.8. The smallest absolute Gasteiger partial charge is 0.260 e. The van der Waals surface area contributed by atoms with E-state index in [1.165, 1.54) is 0 Å². The lowest BCUT2D eigenvalue weighted by Gasteiger charge is -2.22. The molecule has 0 spiro atoms. The number of aryl methyl sites for hydroxylation is 1. The predicted octanol–water partition coefficient (Wildman–Crippen LogP) is 1.84. The molecule has 6 heteroatoms. The molecule has 3 fully saturated rings. The molecule has 3 aliphatic rings. The molecule has 1 aromatic heterocycles. The van der Waals surface area contributed by atoms with Crippen molar-refractivity contribution in [2.45, 2.75) is 32.0 Å². The van der Waals surface area contributed by atoms with Crippen molar-refractivity contribution in [3.05, 3.63) is 16.1 Å². The number of hydrogen-bond acceptors (Lipinski definition) is 4. The average molecular weight is 309 g/mol. The molecule has 3 heterocycles. The number of aromatic nitrogens is 1. The van der Waals surface area contributed by atoms with Crippen LogP contribution < -0.4 is 0 Å². The van der Waals surface area contributed by atoms with Crippen LogP contribution >= 0.6 is 11.3 Å². The average Bonchev–Trinajstić information content (AvgIpc) is 2.76. The third-order valence-electron chi connectivity index (χ3n) is 4.97. The second-order valence-electron chi connectivity index (χ2n) is 6.75. The molecule has 0 radical (unpaired) electrons. The van der Waals surface area contributed by atoms with E-state index in [9.17, 15) is 9.18 Å². The van der Waals surface area contributed by atoms with E-state index in [0.717, 1.165) is 43.4 Å². The number of amides is 1. The van der Waals surface area contributed by atoms with Gasteiger partial charge in [-0.25, -0.2) is 9.37 Å². The van der Waals surface area contributed by atoms with Gasteiger partial charge >= 0.3 is 0 Å². The van der Waals surface area contributed by atoms with Gasteiger partial charge in [0.05, 0.1) is 10.7 Å². The monoisotopic (exact) mass is 309 g/mol. The van der Waals surface area contributed by atoms with Crippen molar-refractivity contribution in [2.75, 3.05) is 26.2 Å². The zero-order chi connectivity index (χ0) is 14.6. The van der Waals surface area contributed by atoms with Crippen LogP contribution in [0, 0.1) is 18.8 Å². The zero-order valence-electron chi connectivity index (χ0n) is 12.2. The Labute approximate surface area is 127 Å². The van der Waals surface area contributed by atoms with Gasteiger partial charge in [-0.15, -0.1) is 11.3 Å². The molecule has 2 saturated heterocycles. The largest absolute Gasteiger partial charge is 0.339 e. The lowest BCUT2D eigenvalue weighted by Crippen LogP contribution is -2.39. The summed E-state index contributed by atoms with van der Waals surface area (Å²) in [5.74, 6) is 0.769. The minimum atomic E-state index is -1.50. The summed E-state index contributed by atoms with van der Waals surface area (Å²) in [7, 11) is 0. The summed E-state index contributed by atoms with van der Waals surface area (Å²) in [6.45, 7) is 6.41. The zero-order valence-corrected chi connectivity index (χ0v) is 13.0. The van der Waals surface area contributed by atoms with Crippen molar-refractivity contribution >= 4 is 17.2 Å². The van der Waals surface area contributed by atoms with E-state index in [0.29, 0.717) is 24.7 Å². The fraction of sp³-hybridized carbons (Fsp3) is 0.733. The van der Waals surface area contributed by atoms with E-state index in [2.05, 4.69) is 15.3 Å². The van der Waals surface area contributed by atoms with Gasteiger partial charge in [-0.3, -0.25) is 9.69 Å². The molecule has 2 aliphatic heterocycles. The number of thiazole rings is 1. The highest BCUT2D eigenvalue weighted by molar-refractivity contribution is 7.09. The third-order valence-corrected chi connectivity index (χ3v) is 5.80. The fourth-order valence-corrected chi connectivity index (χ4v) is 4.31. The summed E-state index contributed by atoms with van der Waals surface area (Å²) in [6, 6.07) is 0. The summed E-state index contributed by atoms with van der Waals surface area (Å²) < 4.78 is 13.9. The van der Waals surface area contributed by atoms with Crippen LogP contribution in [0.3, 0.4) is 0 Å². The van der Waals surface area contributed by atoms with Crippen molar-refractivity contribution in [2.24, 2.45) is 11.8 Å². The number of rotatable bonds is 3. The molecule has 0 unspecified atom stereocenters. The molecule has 4 nitrogen and oxygen atoms in total. The Morgan fingerprint density at radius 3 is 2.57 bits per heavy atom. The minimum absolute atomic E-state index is 0.251. The first-order valence-electron chi connectivity index (χ1n) is 7.65. The third kappa shape index (κ3) is 2.48. The number of fused-ring (bicyclic) bond motifs is 1. The molecule has 0 bridgehead atoms. The molecular weight excluding hydrogens is 289 g/mol. The lowest BCUT2D eigenvalue weighted by atomic mass is 10.0. The Balaban J connectivity index is 1.34. The maximum absolute atomic E-state index is 13.9. The van der Waals surface area contributed by atoms with E-state index in [4.69, 9.17) is 0 Å². The quantitative estimate of drug-likeness (QED) is 0.855. The van der Waals surface area contributed by atoms with E-state index in [-0.39, 0.29) is 5.91 Å². The number of halogens is 1. The second kappa shape index (κ2) is 4.74. The van der Waals surface area contributed by atoms with Crippen LogP contribution in [0.2, 0.25) is 0 Å². The summed E-state index contributed by atoms with van der Waals surface area (Å²) >= 11 is 1.69. The molecule has 0 aromatic carbocycles. The highest BCUT2D eigenvalue weighted by Gasteiger charge is 2.55. The molecule has 4 rings (SSSR count). The van der Waals surface area contributed by atoms with Crippen LogP contribution in [0.1, 0.15) is 23.5 Å². The molecule has 1 aromatic rings. The Bertz CT molecular complexity index is 557. The first kappa shape index (κ1) is 13.6. The van der Waals surface area contributed by atoms with Gasteiger partial charge in [0.1, 0.15) is 0 Å². The summed E-state index contributed by atoms with van der Waals surface area (Å²) in [5, 5.41) is 3.23. The Morgan fingerprint density at radius 1 is 1.38 bits per heavy atom. The standard InChI is InChI=1S/C15H20FN3OS/c1-10-17-13(9-21-10)8-18-4-11-6-19(7-12(11)5-18)14(20)15(16)2-3-15/h9,11-12H,2-8H2,1H3/t11-,12-/m1/s1. The number of likely N-dealkylation sites (tertiary alicyclic amines) is 2. The molecular formula is C15H20FN3OS. The maximum atomic E-state index is 13.9. The van der Waals surface area contributed by atoms with Crippen molar-refractivity contribution in [3.63, 3.8) is 0 Å². The van der Waals surface area contributed by atoms with Crippen molar-refractivity contribution in [1.82, 2.24) is 14.8 Å². The molecule has 0 N–H and O–H groups in total. The predicted molar refractivity (Wildman–Crippen MR) is 78.8 cm³/mol. The molecule has 114 valence electrons. The number of alkyl halides is 1. The Morgan fingerprint density at radius 2 is 2.05 bits per heavy atom. The van der Waals surface area contributed by atoms with E-state index in [1.54, 1.807) is 16.2 Å².